The second-order valence-corrected chi connectivity index (χ2v) is 14.1. The fraction of sp³-hybridized carbons (Fsp3) is 0.0909. The van der Waals surface area contributed by atoms with Crippen LogP contribution in [0.25, 0.3) is 54.6 Å². The fourth-order valence-corrected chi connectivity index (χ4v) is 7.90. The average Bonchev–Trinajstić information content (AvgIpc) is 3.10. The van der Waals surface area contributed by atoms with Crippen LogP contribution < -0.4 is 25.9 Å². The second-order valence-electron chi connectivity index (χ2n) is 14.1. The molecule has 0 amide bonds. The minimum absolute atomic E-state index is 0.0232. The molecule has 10 rings (SSSR count). The summed E-state index contributed by atoms with van der Waals surface area (Å²) in [5.41, 5.74) is 9.38. The fourth-order valence-electron chi connectivity index (χ4n) is 7.90. The van der Waals surface area contributed by atoms with Gasteiger partial charge >= 0.3 is 0 Å². The first kappa shape index (κ1) is 26.7. The maximum atomic E-state index is 6.78. The molecule has 8 aromatic carbocycles. The Morgan fingerprint density at radius 3 is 1.74 bits per heavy atom. The summed E-state index contributed by atoms with van der Waals surface area (Å²) in [5.74, 6) is 3.58. The molecule has 2 aliphatic rings. The van der Waals surface area contributed by atoms with E-state index in [-0.39, 0.29) is 12.1 Å². The van der Waals surface area contributed by atoms with Crippen LogP contribution in [0.3, 0.4) is 0 Å². The van der Waals surface area contributed by atoms with Gasteiger partial charge in [0.2, 0.25) is 0 Å². The zero-order valence-electron chi connectivity index (χ0n) is 26.6. The molecule has 3 heteroatoms. The van der Waals surface area contributed by atoms with Crippen LogP contribution in [0.2, 0.25) is 0 Å². The molecular weight excluding hydrogens is 571 g/mol. The summed E-state index contributed by atoms with van der Waals surface area (Å²) in [6.07, 6.45) is 0. The molecule has 0 N–H and O–H groups in total. The first-order valence-corrected chi connectivity index (χ1v) is 16.5. The monoisotopic (exact) mass is 602 g/mol. The van der Waals surface area contributed by atoms with E-state index in [1.165, 1.54) is 71.1 Å². The highest BCUT2D eigenvalue weighted by molar-refractivity contribution is 6.98. The van der Waals surface area contributed by atoms with E-state index < -0.39 is 0 Å². The molecule has 0 spiro atoms. The molecule has 0 saturated carbocycles. The minimum Gasteiger partial charge on any atom is -0.458 e. The first-order chi connectivity index (χ1) is 22.9. The maximum absolute atomic E-state index is 6.78. The van der Waals surface area contributed by atoms with Crippen molar-refractivity contribution >= 4 is 55.4 Å². The van der Waals surface area contributed by atoms with Crippen molar-refractivity contribution in [3.63, 3.8) is 0 Å². The van der Waals surface area contributed by atoms with E-state index in [0.717, 1.165) is 28.5 Å². The van der Waals surface area contributed by atoms with E-state index in [4.69, 9.17) is 9.47 Å². The lowest BCUT2D eigenvalue weighted by atomic mass is 9.34. The third-order valence-electron chi connectivity index (χ3n) is 10.3. The van der Waals surface area contributed by atoms with E-state index in [0.29, 0.717) is 0 Å². The summed E-state index contributed by atoms with van der Waals surface area (Å²) in [4.78, 5) is 0. The summed E-state index contributed by atoms with van der Waals surface area (Å²) in [6, 6.07) is 48.6. The Bertz CT molecular complexity index is 2530. The Kier molecular flexibility index (Phi) is 5.39. The van der Waals surface area contributed by atoms with E-state index in [1.54, 1.807) is 0 Å². The van der Waals surface area contributed by atoms with E-state index in [9.17, 15) is 0 Å². The van der Waals surface area contributed by atoms with Crippen molar-refractivity contribution in [1.29, 1.82) is 0 Å². The van der Waals surface area contributed by atoms with Crippen molar-refractivity contribution < 1.29 is 9.47 Å². The number of benzene rings is 8. The Labute approximate surface area is 274 Å². The number of hydrogen-bond acceptors (Lipinski definition) is 2. The molecule has 0 saturated heterocycles. The van der Waals surface area contributed by atoms with E-state index >= 15 is 0 Å². The predicted molar refractivity (Wildman–Crippen MR) is 197 cm³/mol. The summed E-state index contributed by atoms with van der Waals surface area (Å²) < 4.78 is 13.5. The average molecular weight is 603 g/mol. The molecule has 47 heavy (non-hydrogen) atoms. The smallest absolute Gasteiger partial charge is 0.260 e. The SMILES string of the molecule is CC(C)(C)c1cc2c3c(c1)Oc1ccc(-c4ccc5ccc6cccc7ccc4c5c67)cc1B3c1cc(-c3ccccc3)ccc1O2. The number of fused-ring (bicyclic) bond motifs is 4. The summed E-state index contributed by atoms with van der Waals surface area (Å²) in [6.45, 7) is 6.69. The van der Waals surface area contributed by atoms with Gasteiger partial charge in [0.15, 0.2) is 0 Å². The van der Waals surface area contributed by atoms with Gasteiger partial charge in [-0.15, -0.1) is 0 Å². The number of hydrogen-bond donors (Lipinski definition) is 0. The lowest BCUT2D eigenvalue weighted by Gasteiger charge is -2.35. The lowest BCUT2D eigenvalue weighted by Crippen LogP contribution is -2.57. The Hall–Kier alpha value is -5.54. The van der Waals surface area contributed by atoms with Crippen LogP contribution >= 0.6 is 0 Å². The third-order valence-corrected chi connectivity index (χ3v) is 10.3. The molecule has 0 aliphatic carbocycles. The van der Waals surface area contributed by atoms with Crippen molar-refractivity contribution in [2.75, 3.05) is 0 Å². The van der Waals surface area contributed by atoms with Crippen LogP contribution in [0.1, 0.15) is 26.3 Å². The Morgan fingerprint density at radius 1 is 0.468 bits per heavy atom. The maximum Gasteiger partial charge on any atom is 0.260 e. The molecule has 2 heterocycles. The molecule has 0 radical (unpaired) electrons. The zero-order chi connectivity index (χ0) is 31.4. The van der Waals surface area contributed by atoms with Gasteiger partial charge in [-0.3, -0.25) is 0 Å². The second kappa shape index (κ2) is 9.50. The van der Waals surface area contributed by atoms with E-state index in [2.05, 4.69) is 154 Å². The molecular formula is C44H31BO2. The van der Waals surface area contributed by atoms with Gasteiger partial charge in [0.05, 0.1) is 0 Å². The minimum atomic E-state index is -0.0512. The quantitative estimate of drug-likeness (QED) is 0.145. The van der Waals surface area contributed by atoms with Crippen LogP contribution in [0.5, 0.6) is 23.0 Å². The molecule has 2 nitrogen and oxygen atoms in total. The number of rotatable bonds is 2. The van der Waals surface area contributed by atoms with Gasteiger partial charge in [-0.1, -0.05) is 130 Å². The molecule has 0 unspecified atom stereocenters. The summed E-state index contributed by atoms with van der Waals surface area (Å²) in [5, 5.41) is 7.78. The standard InChI is InChI=1S/C44H31BO2/c1-44(2,3)32-24-39-43-40(25-32)47-38-21-17-31(33-18-14-29-13-12-27-10-7-11-28-15-19-34(33)42(29)41(27)28)23-36(38)45(43)35-22-30(16-20-37(35)46-39)26-8-5-4-6-9-26/h4-25H,1-3H3. The highest BCUT2D eigenvalue weighted by Crippen LogP contribution is 2.42. The highest BCUT2D eigenvalue weighted by atomic mass is 16.5. The van der Waals surface area contributed by atoms with Gasteiger partial charge in [0.1, 0.15) is 23.0 Å². The van der Waals surface area contributed by atoms with Crippen LogP contribution in [0.4, 0.5) is 0 Å². The first-order valence-electron chi connectivity index (χ1n) is 16.5. The van der Waals surface area contributed by atoms with Gasteiger partial charge in [-0.25, -0.2) is 0 Å². The van der Waals surface area contributed by atoms with Gasteiger partial charge in [-0.05, 0) is 101 Å². The molecule has 0 aromatic heterocycles. The van der Waals surface area contributed by atoms with Gasteiger partial charge in [0, 0.05) is 5.46 Å². The van der Waals surface area contributed by atoms with Gasteiger partial charge < -0.3 is 9.47 Å². The molecule has 8 aromatic rings. The summed E-state index contributed by atoms with van der Waals surface area (Å²) >= 11 is 0. The zero-order valence-corrected chi connectivity index (χ0v) is 26.6. The number of ether oxygens (including phenoxy) is 2. The van der Waals surface area contributed by atoms with Gasteiger partial charge in [0.25, 0.3) is 6.71 Å². The molecule has 222 valence electrons. The van der Waals surface area contributed by atoms with Crippen molar-refractivity contribution in [3.05, 3.63) is 139 Å². The highest BCUT2D eigenvalue weighted by Gasteiger charge is 2.41. The molecule has 0 fully saturated rings. The Morgan fingerprint density at radius 2 is 1.06 bits per heavy atom. The lowest BCUT2D eigenvalue weighted by molar-refractivity contribution is 0.458. The largest absolute Gasteiger partial charge is 0.458 e. The Balaban J connectivity index is 1.21. The van der Waals surface area contributed by atoms with Crippen LogP contribution in [-0.2, 0) is 5.41 Å². The van der Waals surface area contributed by atoms with Crippen molar-refractivity contribution in [1.82, 2.24) is 0 Å². The molecule has 0 bridgehead atoms. The van der Waals surface area contributed by atoms with Crippen molar-refractivity contribution in [2.24, 2.45) is 0 Å². The van der Waals surface area contributed by atoms with Crippen LogP contribution in [-0.4, -0.2) is 6.71 Å². The van der Waals surface area contributed by atoms with Crippen LogP contribution in [0, 0.1) is 0 Å². The topological polar surface area (TPSA) is 18.5 Å². The summed E-state index contributed by atoms with van der Waals surface area (Å²) in [7, 11) is 0. The third kappa shape index (κ3) is 3.93. The van der Waals surface area contributed by atoms with Crippen molar-refractivity contribution in [3.8, 4) is 45.3 Å². The predicted octanol–water partition coefficient (Wildman–Crippen LogP) is 9.94. The molecule has 0 atom stereocenters. The van der Waals surface area contributed by atoms with Crippen LogP contribution in [0.15, 0.2) is 133 Å². The van der Waals surface area contributed by atoms with Crippen molar-refractivity contribution in [2.45, 2.75) is 26.2 Å². The molecule has 2 aliphatic heterocycles. The van der Waals surface area contributed by atoms with Gasteiger partial charge in [-0.2, -0.15) is 0 Å². The normalized spacial score (nSPS) is 13.3. The van der Waals surface area contributed by atoms with E-state index in [1.807, 2.05) is 0 Å².